The standard InChI is InChI=1S/C11H10F6O/c12-10(13,14)8-4-7(2-1-3-18)5-9(6-8)11(15,16)17/h3-4,6,9H,1-2,5H2. The second-order valence-electron chi connectivity index (χ2n) is 3.98. The van der Waals surface area contributed by atoms with Crippen LogP contribution in [-0.2, 0) is 4.79 Å². The second kappa shape index (κ2) is 5.16. The van der Waals surface area contributed by atoms with Gasteiger partial charge in [-0.3, -0.25) is 0 Å². The van der Waals surface area contributed by atoms with Gasteiger partial charge in [-0.1, -0.05) is 17.7 Å². The number of carbonyl (C=O) groups excluding carboxylic acids is 1. The van der Waals surface area contributed by atoms with Crippen molar-refractivity contribution in [2.24, 2.45) is 5.92 Å². The molecule has 102 valence electrons. The minimum absolute atomic E-state index is 0.000694. The van der Waals surface area contributed by atoms with Gasteiger partial charge in [-0.25, -0.2) is 0 Å². The van der Waals surface area contributed by atoms with Gasteiger partial charge in [-0.2, -0.15) is 26.3 Å². The van der Waals surface area contributed by atoms with Gasteiger partial charge in [0, 0.05) is 6.42 Å². The molecule has 0 aliphatic heterocycles. The second-order valence-corrected chi connectivity index (χ2v) is 3.98. The molecule has 0 bridgehead atoms. The first-order valence-corrected chi connectivity index (χ1v) is 5.13. The molecule has 0 amide bonds. The Kier molecular flexibility index (Phi) is 4.24. The Bertz CT molecular complexity index is 374. The maximum atomic E-state index is 12.5. The molecule has 1 rings (SSSR count). The fourth-order valence-corrected chi connectivity index (χ4v) is 1.69. The van der Waals surface area contributed by atoms with Crippen molar-refractivity contribution in [2.75, 3.05) is 0 Å². The van der Waals surface area contributed by atoms with Crippen molar-refractivity contribution in [1.29, 1.82) is 0 Å². The third kappa shape index (κ3) is 3.89. The van der Waals surface area contributed by atoms with E-state index in [1.165, 1.54) is 0 Å². The molecule has 1 nitrogen and oxygen atoms in total. The zero-order valence-electron chi connectivity index (χ0n) is 9.11. The van der Waals surface area contributed by atoms with Crippen molar-refractivity contribution in [2.45, 2.75) is 31.6 Å². The van der Waals surface area contributed by atoms with Gasteiger partial charge in [0.2, 0.25) is 0 Å². The summed E-state index contributed by atoms with van der Waals surface area (Å²) in [6.45, 7) is 0. The Morgan fingerprint density at radius 1 is 1.22 bits per heavy atom. The van der Waals surface area contributed by atoms with Crippen LogP contribution in [0.15, 0.2) is 23.3 Å². The van der Waals surface area contributed by atoms with Crippen molar-refractivity contribution >= 4 is 6.29 Å². The smallest absolute Gasteiger partial charge is 0.303 e. The number of hydrogen-bond donors (Lipinski definition) is 0. The summed E-state index contributed by atoms with van der Waals surface area (Å²) in [6, 6.07) is 0. The molecule has 0 N–H and O–H groups in total. The van der Waals surface area contributed by atoms with Crippen molar-refractivity contribution < 1.29 is 31.1 Å². The van der Waals surface area contributed by atoms with E-state index in [-0.39, 0.29) is 24.5 Å². The summed E-state index contributed by atoms with van der Waals surface area (Å²) in [5.41, 5.74) is -1.30. The largest absolute Gasteiger partial charge is 0.416 e. The molecular weight excluding hydrogens is 262 g/mol. The third-order valence-electron chi connectivity index (χ3n) is 2.55. The van der Waals surface area contributed by atoms with Crippen LogP contribution in [0.4, 0.5) is 26.3 Å². The first-order valence-electron chi connectivity index (χ1n) is 5.13. The quantitative estimate of drug-likeness (QED) is 0.561. The zero-order valence-corrected chi connectivity index (χ0v) is 9.11. The summed E-state index contributed by atoms with van der Waals surface area (Å²) >= 11 is 0. The monoisotopic (exact) mass is 272 g/mol. The molecule has 0 aromatic heterocycles. The van der Waals surface area contributed by atoms with Gasteiger partial charge in [-0.05, 0) is 12.8 Å². The molecular formula is C11H10F6O. The lowest BCUT2D eigenvalue weighted by Gasteiger charge is -2.24. The van der Waals surface area contributed by atoms with Crippen molar-refractivity contribution in [3.8, 4) is 0 Å². The first kappa shape index (κ1) is 14.8. The maximum Gasteiger partial charge on any atom is 0.416 e. The third-order valence-corrected chi connectivity index (χ3v) is 2.55. The molecule has 1 aliphatic carbocycles. The molecule has 0 saturated carbocycles. The van der Waals surface area contributed by atoms with Crippen LogP contribution in [-0.4, -0.2) is 18.6 Å². The summed E-state index contributed by atoms with van der Waals surface area (Å²) in [4.78, 5) is 10.1. The molecule has 0 spiro atoms. The molecule has 1 atom stereocenters. The molecule has 0 aromatic carbocycles. The number of allylic oxidation sites excluding steroid dienone is 4. The molecule has 0 fully saturated rings. The molecule has 18 heavy (non-hydrogen) atoms. The van der Waals surface area contributed by atoms with Crippen molar-refractivity contribution in [3.63, 3.8) is 0 Å². The lowest BCUT2D eigenvalue weighted by molar-refractivity contribution is -0.162. The van der Waals surface area contributed by atoms with E-state index in [4.69, 9.17) is 0 Å². The number of rotatable bonds is 3. The summed E-state index contributed by atoms with van der Waals surface area (Å²) < 4.78 is 74.8. The number of alkyl halides is 6. The van der Waals surface area contributed by atoms with Crippen LogP contribution in [0.2, 0.25) is 0 Å². The highest BCUT2D eigenvalue weighted by molar-refractivity contribution is 5.50. The van der Waals surface area contributed by atoms with Crippen molar-refractivity contribution in [1.82, 2.24) is 0 Å². The molecule has 0 saturated heterocycles. The highest BCUT2D eigenvalue weighted by Gasteiger charge is 2.43. The van der Waals surface area contributed by atoms with E-state index in [9.17, 15) is 31.1 Å². The van der Waals surface area contributed by atoms with Crippen LogP contribution in [0.5, 0.6) is 0 Å². The SMILES string of the molecule is O=CCCC1=CC(C(F)(F)F)=CC(C(F)(F)F)C1. The first-order chi connectivity index (χ1) is 8.14. The van der Waals surface area contributed by atoms with E-state index in [1.807, 2.05) is 0 Å². The Morgan fingerprint density at radius 2 is 1.83 bits per heavy atom. The predicted molar refractivity (Wildman–Crippen MR) is 51.7 cm³/mol. The highest BCUT2D eigenvalue weighted by atomic mass is 19.4. The van der Waals surface area contributed by atoms with E-state index < -0.39 is 30.3 Å². The maximum absolute atomic E-state index is 12.5. The Morgan fingerprint density at radius 3 is 2.28 bits per heavy atom. The zero-order chi connectivity index (χ0) is 14.0. The average Bonchev–Trinajstić information content (AvgIpc) is 2.23. The van der Waals surface area contributed by atoms with E-state index in [2.05, 4.69) is 0 Å². The van der Waals surface area contributed by atoms with Gasteiger partial charge < -0.3 is 4.79 Å². The summed E-state index contributed by atoms with van der Waals surface area (Å²) in [7, 11) is 0. The Hall–Kier alpha value is -1.27. The van der Waals surface area contributed by atoms with Crippen LogP contribution in [0.1, 0.15) is 19.3 Å². The lowest BCUT2D eigenvalue weighted by Crippen LogP contribution is -2.26. The van der Waals surface area contributed by atoms with E-state index in [0.29, 0.717) is 12.4 Å². The summed E-state index contributed by atoms with van der Waals surface area (Å²) in [5, 5.41) is 0. The average molecular weight is 272 g/mol. The Labute approximate surface area is 99.2 Å². The van der Waals surface area contributed by atoms with Gasteiger partial charge in [0.25, 0.3) is 0 Å². The summed E-state index contributed by atoms with van der Waals surface area (Å²) in [6.07, 6.45) is -8.83. The fourth-order valence-electron chi connectivity index (χ4n) is 1.69. The fraction of sp³-hybridized carbons (Fsp3) is 0.545. The van der Waals surface area contributed by atoms with E-state index in [1.54, 1.807) is 0 Å². The molecule has 1 unspecified atom stereocenters. The highest BCUT2D eigenvalue weighted by Crippen LogP contribution is 2.41. The van der Waals surface area contributed by atoms with E-state index in [0.717, 1.165) is 0 Å². The van der Waals surface area contributed by atoms with Crippen LogP contribution >= 0.6 is 0 Å². The van der Waals surface area contributed by atoms with Gasteiger partial charge in [-0.15, -0.1) is 0 Å². The lowest BCUT2D eigenvalue weighted by atomic mass is 9.87. The minimum atomic E-state index is -4.81. The van der Waals surface area contributed by atoms with Crippen LogP contribution < -0.4 is 0 Å². The Balaban J connectivity index is 3.00. The summed E-state index contributed by atoms with van der Waals surface area (Å²) in [5.74, 6) is -2.14. The van der Waals surface area contributed by atoms with Gasteiger partial charge in [0.15, 0.2) is 0 Å². The van der Waals surface area contributed by atoms with Crippen LogP contribution in [0, 0.1) is 5.92 Å². The van der Waals surface area contributed by atoms with E-state index >= 15 is 0 Å². The molecule has 0 heterocycles. The van der Waals surface area contributed by atoms with Gasteiger partial charge >= 0.3 is 12.4 Å². The van der Waals surface area contributed by atoms with Gasteiger partial charge in [0.05, 0.1) is 11.5 Å². The van der Waals surface area contributed by atoms with Gasteiger partial charge in [0.1, 0.15) is 6.29 Å². The number of halogens is 6. The predicted octanol–water partition coefficient (Wildman–Crippen LogP) is 3.96. The topological polar surface area (TPSA) is 17.1 Å². The number of hydrogen-bond acceptors (Lipinski definition) is 1. The number of carbonyl (C=O) groups is 1. The van der Waals surface area contributed by atoms with Crippen LogP contribution in [0.25, 0.3) is 0 Å². The molecule has 0 radical (unpaired) electrons. The number of aldehydes is 1. The molecule has 0 aromatic rings. The van der Waals surface area contributed by atoms with Crippen LogP contribution in [0.3, 0.4) is 0 Å². The minimum Gasteiger partial charge on any atom is -0.303 e. The molecule has 7 heteroatoms. The molecule has 1 aliphatic rings. The van der Waals surface area contributed by atoms with Crippen molar-refractivity contribution in [3.05, 3.63) is 23.3 Å². The normalized spacial score (nSPS) is 21.3.